The van der Waals surface area contributed by atoms with Crippen molar-refractivity contribution in [1.29, 1.82) is 0 Å². The zero-order valence-corrected chi connectivity index (χ0v) is 16.2. The number of ether oxygens (including phenoxy) is 2. The molecule has 0 fully saturated rings. The van der Waals surface area contributed by atoms with E-state index in [2.05, 4.69) is 53.4 Å². The quantitative estimate of drug-likeness (QED) is 0.647. The van der Waals surface area contributed by atoms with Crippen LogP contribution in [0.25, 0.3) is 11.4 Å². The molecule has 1 N–H and O–H groups in total. The molecule has 1 heterocycles. The second kappa shape index (κ2) is 8.54. The van der Waals surface area contributed by atoms with Gasteiger partial charge in [0.1, 0.15) is 17.3 Å². The van der Waals surface area contributed by atoms with E-state index in [-0.39, 0.29) is 0 Å². The average Bonchev–Trinajstić information content (AvgIpc) is 2.72. The Bertz CT molecular complexity index is 892. The van der Waals surface area contributed by atoms with E-state index < -0.39 is 0 Å². The molecule has 0 amide bonds. The van der Waals surface area contributed by atoms with Crippen LogP contribution < -0.4 is 14.8 Å². The first-order valence-electron chi connectivity index (χ1n) is 8.99. The van der Waals surface area contributed by atoms with Crippen molar-refractivity contribution in [3.63, 3.8) is 0 Å². The molecule has 0 saturated carbocycles. The van der Waals surface area contributed by atoms with Crippen LogP contribution in [0.2, 0.25) is 0 Å². The fourth-order valence-corrected chi connectivity index (χ4v) is 2.80. The smallest absolute Gasteiger partial charge is 0.161 e. The maximum atomic E-state index is 5.45. The molecule has 0 aliphatic carbocycles. The van der Waals surface area contributed by atoms with Gasteiger partial charge in [0.2, 0.25) is 0 Å². The monoisotopic (exact) mass is 363 g/mol. The van der Waals surface area contributed by atoms with E-state index >= 15 is 0 Å². The summed E-state index contributed by atoms with van der Waals surface area (Å²) in [5.74, 6) is 3.53. The molecule has 3 aromatic rings. The third kappa shape index (κ3) is 4.56. The average molecular weight is 363 g/mol. The molecule has 27 heavy (non-hydrogen) atoms. The van der Waals surface area contributed by atoms with Gasteiger partial charge in [0.25, 0.3) is 0 Å². The van der Waals surface area contributed by atoms with Crippen molar-refractivity contribution < 1.29 is 9.47 Å². The number of hydrogen-bond acceptors (Lipinski definition) is 5. The highest BCUT2D eigenvalue weighted by molar-refractivity contribution is 5.57. The third-order valence-corrected chi connectivity index (χ3v) is 4.45. The van der Waals surface area contributed by atoms with Gasteiger partial charge in [-0.05, 0) is 29.7 Å². The van der Waals surface area contributed by atoms with Gasteiger partial charge in [-0.3, -0.25) is 0 Å². The molecule has 5 heteroatoms. The van der Waals surface area contributed by atoms with Crippen LogP contribution >= 0.6 is 0 Å². The minimum absolute atomic E-state index is 0.507. The fraction of sp³-hybridized carbons (Fsp3) is 0.273. The van der Waals surface area contributed by atoms with Crippen LogP contribution in [0.15, 0.2) is 54.7 Å². The Kier molecular flexibility index (Phi) is 5.91. The summed E-state index contributed by atoms with van der Waals surface area (Å²) in [5, 5.41) is 3.34. The Morgan fingerprint density at radius 3 is 2.41 bits per heavy atom. The van der Waals surface area contributed by atoms with E-state index in [0.717, 1.165) is 28.4 Å². The van der Waals surface area contributed by atoms with E-state index in [0.29, 0.717) is 18.3 Å². The maximum Gasteiger partial charge on any atom is 0.161 e. The zero-order valence-electron chi connectivity index (χ0n) is 16.2. The van der Waals surface area contributed by atoms with Crippen molar-refractivity contribution in [3.05, 3.63) is 65.9 Å². The van der Waals surface area contributed by atoms with Crippen molar-refractivity contribution >= 4 is 5.82 Å². The predicted octanol–water partition coefficient (Wildman–Crippen LogP) is 4.90. The molecular formula is C22H25N3O2. The fourth-order valence-electron chi connectivity index (χ4n) is 2.80. The van der Waals surface area contributed by atoms with E-state index in [1.807, 2.05) is 24.3 Å². The Hall–Kier alpha value is -3.08. The molecule has 5 nitrogen and oxygen atoms in total. The van der Waals surface area contributed by atoms with E-state index in [1.165, 1.54) is 5.56 Å². The van der Waals surface area contributed by atoms with Crippen LogP contribution in [0.3, 0.4) is 0 Å². The second-order valence-corrected chi connectivity index (χ2v) is 6.57. The topological polar surface area (TPSA) is 56.3 Å². The summed E-state index contributed by atoms with van der Waals surface area (Å²) in [7, 11) is 3.30. The molecule has 0 aliphatic rings. The Morgan fingerprint density at radius 1 is 0.963 bits per heavy atom. The molecule has 0 spiro atoms. The lowest BCUT2D eigenvalue weighted by molar-refractivity contribution is 0.391. The summed E-state index contributed by atoms with van der Waals surface area (Å²) in [6.45, 7) is 4.96. The van der Waals surface area contributed by atoms with Crippen LogP contribution in [0.1, 0.15) is 30.9 Å². The van der Waals surface area contributed by atoms with Gasteiger partial charge in [-0.2, -0.15) is 0 Å². The predicted molar refractivity (Wildman–Crippen MR) is 108 cm³/mol. The normalized spacial score (nSPS) is 10.7. The minimum atomic E-state index is 0.507. The molecule has 2 aromatic carbocycles. The number of benzene rings is 2. The van der Waals surface area contributed by atoms with Crippen LogP contribution in [0.4, 0.5) is 5.82 Å². The first-order chi connectivity index (χ1) is 13.1. The van der Waals surface area contributed by atoms with Gasteiger partial charge in [0.15, 0.2) is 5.82 Å². The van der Waals surface area contributed by atoms with Crippen molar-refractivity contribution in [2.45, 2.75) is 26.3 Å². The highest BCUT2D eigenvalue weighted by Gasteiger charge is 2.07. The molecule has 0 atom stereocenters. The first kappa shape index (κ1) is 18.7. The molecular weight excluding hydrogens is 338 g/mol. The van der Waals surface area contributed by atoms with Gasteiger partial charge in [-0.1, -0.05) is 38.1 Å². The SMILES string of the molecule is COc1ccc(CNc2ccnc(-c3ccc(C(C)C)cc3)n2)c(OC)c1. The first-order valence-corrected chi connectivity index (χ1v) is 8.99. The van der Waals surface area contributed by atoms with Crippen molar-refractivity contribution in [2.24, 2.45) is 0 Å². The van der Waals surface area contributed by atoms with Crippen molar-refractivity contribution in [3.8, 4) is 22.9 Å². The summed E-state index contributed by atoms with van der Waals surface area (Å²) < 4.78 is 10.7. The molecule has 140 valence electrons. The number of aromatic nitrogens is 2. The molecule has 0 unspecified atom stereocenters. The number of anilines is 1. The van der Waals surface area contributed by atoms with Crippen LogP contribution in [0, 0.1) is 0 Å². The Balaban J connectivity index is 1.74. The van der Waals surface area contributed by atoms with Gasteiger partial charge < -0.3 is 14.8 Å². The van der Waals surface area contributed by atoms with Crippen molar-refractivity contribution in [1.82, 2.24) is 9.97 Å². The van der Waals surface area contributed by atoms with Crippen LogP contribution in [-0.2, 0) is 6.54 Å². The summed E-state index contributed by atoms with van der Waals surface area (Å²) in [6, 6.07) is 16.0. The molecule has 1 aromatic heterocycles. The largest absolute Gasteiger partial charge is 0.497 e. The molecule has 0 bridgehead atoms. The minimum Gasteiger partial charge on any atom is -0.497 e. The summed E-state index contributed by atoms with van der Waals surface area (Å²) >= 11 is 0. The molecule has 0 aliphatic heterocycles. The molecule has 0 saturated heterocycles. The van der Waals surface area contributed by atoms with E-state index in [9.17, 15) is 0 Å². The maximum absolute atomic E-state index is 5.45. The van der Waals surface area contributed by atoms with Crippen LogP contribution in [-0.4, -0.2) is 24.2 Å². The lowest BCUT2D eigenvalue weighted by Crippen LogP contribution is -2.04. The zero-order chi connectivity index (χ0) is 19.2. The highest BCUT2D eigenvalue weighted by Crippen LogP contribution is 2.25. The molecule has 3 rings (SSSR count). The van der Waals surface area contributed by atoms with Gasteiger partial charge in [-0.25, -0.2) is 9.97 Å². The van der Waals surface area contributed by atoms with Crippen molar-refractivity contribution in [2.75, 3.05) is 19.5 Å². The Labute approximate surface area is 160 Å². The number of rotatable bonds is 7. The summed E-state index contributed by atoms with van der Waals surface area (Å²) in [5.41, 5.74) is 3.34. The molecule has 0 radical (unpaired) electrons. The van der Waals surface area contributed by atoms with Gasteiger partial charge in [0, 0.05) is 29.9 Å². The lowest BCUT2D eigenvalue weighted by Gasteiger charge is -2.12. The lowest BCUT2D eigenvalue weighted by atomic mass is 10.0. The highest BCUT2D eigenvalue weighted by atomic mass is 16.5. The summed E-state index contributed by atoms with van der Waals surface area (Å²) in [6.07, 6.45) is 1.77. The number of nitrogens with zero attached hydrogens (tertiary/aromatic N) is 2. The van der Waals surface area contributed by atoms with Gasteiger partial charge >= 0.3 is 0 Å². The van der Waals surface area contributed by atoms with E-state index in [4.69, 9.17) is 9.47 Å². The second-order valence-electron chi connectivity index (χ2n) is 6.57. The Morgan fingerprint density at radius 2 is 1.74 bits per heavy atom. The van der Waals surface area contributed by atoms with Crippen LogP contribution in [0.5, 0.6) is 11.5 Å². The third-order valence-electron chi connectivity index (χ3n) is 4.45. The van der Waals surface area contributed by atoms with Gasteiger partial charge in [0.05, 0.1) is 14.2 Å². The number of hydrogen-bond donors (Lipinski definition) is 1. The number of nitrogens with one attached hydrogen (secondary N) is 1. The van der Waals surface area contributed by atoms with E-state index in [1.54, 1.807) is 20.4 Å². The summed E-state index contributed by atoms with van der Waals surface area (Å²) in [4.78, 5) is 9.04. The standard InChI is InChI=1S/C22H25N3O2/c1-15(2)16-5-7-17(8-6-16)22-23-12-11-21(25-22)24-14-18-9-10-19(26-3)13-20(18)27-4/h5-13,15H,14H2,1-4H3,(H,23,24,25). The van der Waals surface area contributed by atoms with Gasteiger partial charge in [-0.15, -0.1) is 0 Å². The number of methoxy groups -OCH3 is 2.